The molecule has 2 aliphatic heterocycles. The Morgan fingerprint density at radius 2 is 1.73 bits per heavy atom. The maximum atomic E-state index is 4.43. The van der Waals surface area contributed by atoms with Crippen LogP contribution >= 0.6 is 24.0 Å². The third-order valence-electron chi connectivity index (χ3n) is 6.50. The Morgan fingerprint density at radius 3 is 2.37 bits per heavy atom. The predicted molar refractivity (Wildman–Crippen MR) is 139 cm³/mol. The van der Waals surface area contributed by atoms with E-state index in [1.54, 1.807) is 0 Å². The zero-order valence-electron chi connectivity index (χ0n) is 19.2. The molecular formula is C24H42IN5. The molecule has 170 valence electrons. The van der Waals surface area contributed by atoms with Gasteiger partial charge in [-0.1, -0.05) is 37.6 Å². The summed E-state index contributed by atoms with van der Waals surface area (Å²) in [7, 11) is 1.87. The van der Waals surface area contributed by atoms with E-state index in [0.29, 0.717) is 12.1 Å². The van der Waals surface area contributed by atoms with Crippen molar-refractivity contribution in [2.45, 2.75) is 77.5 Å². The average Bonchev–Trinajstić information content (AvgIpc) is 2.75. The number of rotatable bonds is 7. The molecule has 6 heteroatoms. The first kappa shape index (κ1) is 25.4. The first-order valence-electron chi connectivity index (χ1n) is 11.7. The van der Waals surface area contributed by atoms with Crippen LogP contribution in [0.3, 0.4) is 0 Å². The van der Waals surface area contributed by atoms with Crippen molar-refractivity contribution in [2.75, 3.05) is 33.2 Å². The van der Waals surface area contributed by atoms with Gasteiger partial charge >= 0.3 is 0 Å². The molecule has 0 spiro atoms. The van der Waals surface area contributed by atoms with E-state index in [-0.39, 0.29) is 24.0 Å². The molecule has 3 rings (SSSR count). The fourth-order valence-corrected chi connectivity index (χ4v) is 4.58. The molecule has 2 saturated heterocycles. The van der Waals surface area contributed by atoms with Crippen molar-refractivity contribution in [2.24, 2.45) is 4.99 Å². The van der Waals surface area contributed by atoms with Gasteiger partial charge in [0.15, 0.2) is 5.96 Å². The quantitative estimate of drug-likeness (QED) is 0.317. The lowest BCUT2D eigenvalue weighted by atomic mass is 10.0. The molecule has 2 aliphatic rings. The SMILES string of the molecule is CCCN1CCC(NC(=NC)NCc2ccc(CN3CCCCC3C)cc2)CC1.I. The fourth-order valence-electron chi connectivity index (χ4n) is 4.58. The number of halogens is 1. The molecule has 2 N–H and O–H groups in total. The third kappa shape index (κ3) is 8.00. The molecule has 1 atom stereocenters. The normalized spacial score (nSPS) is 21.8. The molecule has 0 saturated carbocycles. The van der Waals surface area contributed by atoms with Gasteiger partial charge in [-0.15, -0.1) is 24.0 Å². The lowest BCUT2D eigenvalue weighted by Gasteiger charge is -2.33. The van der Waals surface area contributed by atoms with Crippen LogP contribution in [0.25, 0.3) is 0 Å². The number of aliphatic imine (C=N–C) groups is 1. The van der Waals surface area contributed by atoms with Gasteiger partial charge in [0.25, 0.3) is 0 Å². The van der Waals surface area contributed by atoms with Crippen LogP contribution in [0, 0.1) is 0 Å². The van der Waals surface area contributed by atoms with E-state index < -0.39 is 0 Å². The predicted octanol–water partition coefficient (Wildman–Crippen LogP) is 4.22. The van der Waals surface area contributed by atoms with Crippen LogP contribution in [0.4, 0.5) is 0 Å². The van der Waals surface area contributed by atoms with E-state index in [1.165, 1.54) is 75.8 Å². The highest BCUT2D eigenvalue weighted by Crippen LogP contribution is 2.19. The van der Waals surface area contributed by atoms with Crippen LogP contribution < -0.4 is 10.6 Å². The van der Waals surface area contributed by atoms with Crippen molar-refractivity contribution in [3.05, 3.63) is 35.4 Å². The molecule has 1 aromatic carbocycles. The number of nitrogens with zero attached hydrogens (tertiary/aromatic N) is 3. The van der Waals surface area contributed by atoms with E-state index in [9.17, 15) is 0 Å². The first-order chi connectivity index (χ1) is 14.2. The van der Waals surface area contributed by atoms with Gasteiger partial charge in [0.1, 0.15) is 0 Å². The van der Waals surface area contributed by atoms with Gasteiger partial charge in [-0.05, 0) is 63.2 Å². The summed E-state index contributed by atoms with van der Waals surface area (Å²) >= 11 is 0. The van der Waals surface area contributed by atoms with Gasteiger partial charge in [-0.3, -0.25) is 9.89 Å². The molecule has 30 heavy (non-hydrogen) atoms. The van der Waals surface area contributed by atoms with Crippen molar-refractivity contribution in [3.63, 3.8) is 0 Å². The number of benzene rings is 1. The van der Waals surface area contributed by atoms with Gasteiger partial charge in [0.05, 0.1) is 0 Å². The zero-order valence-corrected chi connectivity index (χ0v) is 21.5. The highest BCUT2D eigenvalue weighted by Gasteiger charge is 2.19. The fraction of sp³-hybridized carbons (Fsp3) is 0.708. The second kappa shape index (κ2) is 13.5. The Morgan fingerprint density at radius 1 is 1.03 bits per heavy atom. The van der Waals surface area contributed by atoms with E-state index in [4.69, 9.17) is 0 Å². The number of hydrogen-bond donors (Lipinski definition) is 2. The second-order valence-electron chi connectivity index (χ2n) is 8.82. The Hall–Kier alpha value is -0.860. The standard InChI is InChI=1S/C24H41N5.HI/c1-4-14-28-16-12-23(13-17-28)27-24(25-3)26-18-21-8-10-22(11-9-21)19-29-15-6-5-7-20(29)2;/h8-11,20,23H,4-7,12-19H2,1-3H3,(H2,25,26,27);1H. The molecule has 5 nitrogen and oxygen atoms in total. The second-order valence-corrected chi connectivity index (χ2v) is 8.82. The topological polar surface area (TPSA) is 42.9 Å². The first-order valence-corrected chi connectivity index (χ1v) is 11.7. The van der Waals surface area contributed by atoms with Crippen molar-refractivity contribution >= 4 is 29.9 Å². The number of likely N-dealkylation sites (tertiary alicyclic amines) is 2. The smallest absolute Gasteiger partial charge is 0.191 e. The summed E-state index contributed by atoms with van der Waals surface area (Å²) in [5.74, 6) is 0.921. The maximum Gasteiger partial charge on any atom is 0.191 e. The van der Waals surface area contributed by atoms with E-state index in [0.717, 1.165) is 19.0 Å². The summed E-state index contributed by atoms with van der Waals surface area (Å²) < 4.78 is 0. The number of guanidine groups is 1. The number of nitrogens with one attached hydrogen (secondary N) is 2. The molecule has 1 aromatic rings. The maximum absolute atomic E-state index is 4.43. The Labute approximate surface area is 201 Å². The van der Waals surface area contributed by atoms with Crippen LogP contribution in [0.1, 0.15) is 63.5 Å². The lowest BCUT2D eigenvalue weighted by Crippen LogP contribution is -2.48. The molecular weight excluding hydrogens is 485 g/mol. The largest absolute Gasteiger partial charge is 0.354 e. The summed E-state index contributed by atoms with van der Waals surface area (Å²) in [5.41, 5.74) is 2.73. The van der Waals surface area contributed by atoms with E-state index in [1.807, 2.05) is 7.05 Å². The monoisotopic (exact) mass is 527 g/mol. The molecule has 0 aliphatic carbocycles. The van der Waals surface area contributed by atoms with Crippen molar-refractivity contribution < 1.29 is 0 Å². The minimum atomic E-state index is 0. The third-order valence-corrected chi connectivity index (χ3v) is 6.50. The Balaban J connectivity index is 0.00000320. The lowest BCUT2D eigenvalue weighted by molar-refractivity contribution is 0.152. The highest BCUT2D eigenvalue weighted by atomic mass is 127. The van der Waals surface area contributed by atoms with Crippen molar-refractivity contribution in [1.82, 2.24) is 20.4 Å². The summed E-state index contributed by atoms with van der Waals surface area (Å²) in [4.78, 5) is 9.62. The van der Waals surface area contributed by atoms with Crippen LogP contribution in [0.15, 0.2) is 29.3 Å². The van der Waals surface area contributed by atoms with Crippen LogP contribution in [-0.4, -0.2) is 61.1 Å². The van der Waals surface area contributed by atoms with Crippen LogP contribution in [-0.2, 0) is 13.1 Å². The molecule has 0 radical (unpaired) electrons. The van der Waals surface area contributed by atoms with Gasteiger partial charge < -0.3 is 15.5 Å². The minimum absolute atomic E-state index is 0. The molecule has 0 bridgehead atoms. The summed E-state index contributed by atoms with van der Waals surface area (Å²) in [5, 5.41) is 7.11. The minimum Gasteiger partial charge on any atom is -0.354 e. The molecule has 0 amide bonds. The average molecular weight is 528 g/mol. The molecule has 0 aromatic heterocycles. The van der Waals surface area contributed by atoms with Gasteiger partial charge in [-0.2, -0.15) is 0 Å². The van der Waals surface area contributed by atoms with Crippen molar-refractivity contribution in [3.8, 4) is 0 Å². The van der Waals surface area contributed by atoms with Crippen LogP contribution in [0.2, 0.25) is 0 Å². The van der Waals surface area contributed by atoms with E-state index >= 15 is 0 Å². The van der Waals surface area contributed by atoms with Gasteiger partial charge in [0, 0.05) is 45.3 Å². The molecule has 2 heterocycles. The van der Waals surface area contributed by atoms with Crippen LogP contribution in [0.5, 0.6) is 0 Å². The molecule has 1 unspecified atom stereocenters. The van der Waals surface area contributed by atoms with Crippen molar-refractivity contribution in [1.29, 1.82) is 0 Å². The van der Waals surface area contributed by atoms with Gasteiger partial charge in [0.2, 0.25) is 0 Å². The summed E-state index contributed by atoms with van der Waals surface area (Å²) in [6, 6.07) is 10.3. The van der Waals surface area contributed by atoms with Gasteiger partial charge in [-0.25, -0.2) is 0 Å². The Kier molecular flexibility index (Phi) is 11.5. The summed E-state index contributed by atoms with van der Waals surface area (Å²) in [6.07, 6.45) is 7.71. The zero-order chi connectivity index (χ0) is 20.5. The molecule has 2 fully saturated rings. The number of piperidine rings is 2. The highest BCUT2D eigenvalue weighted by molar-refractivity contribution is 14.0. The number of hydrogen-bond acceptors (Lipinski definition) is 3. The van der Waals surface area contributed by atoms with E-state index in [2.05, 4.69) is 63.5 Å². The Bertz CT molecular complexity index is 625. The summed E-state index contributed by atoms with van der Waals surface area (Å²) in [6.45, 7) is 11.4.